The summed E-state index contributed by atoms with van der Waals surface area (Å²) >= 11 is 0. The number of ether oxygens (including phenoxy) is 1. The van der Waals surface area contributed by atoms with Crippen molar-refractivity contribution in [3.63, 3.8) is 0 Å². The van der Waals surface area contributed by atoms with E-state index >= 15 is 0 Å². The molecule has 0 unspecified atom stereocenters. The zero-order chi connectivity index (χ0) is 21.1. The van der Waals surface area contributed by atoms with Crippen LogP contribution in [0, 0.1) is 6.92 Å². The predicted molar refractivity (Wildman–Crippen MR) is 122 cm³/mol. The molecule has 1 saturated heterocycles. The first-order valence-electron chi connectivity index (χ1n) is 10.6. The summed E-state index contributed by atoms with van der Waals surface area (Å²) in [4.78, 5) is 11.0. The first-order chi connectivity index (χ1) is 14.5. The molecule has 1 fully saturated rings. The SMILES string of the molecule is Cc1cc(-c2cc(-c3ccc(C4CCOCC4)c(CN(C)C)c3)cnc2N)ccn1. The molecule has 2 aromatic heterocycles. The van der Waals surface area contributed by atoms with Crippen LogP contribution in [0.2, 0.25) is 0 Å². The zero-order valence-corrected chi connectivity index (χ0v) is 18.1. The summed E-state index contributed by atoms with van der Waals surface area (Å²) in [5.41, 5.74) is 14.2. The van der Waals surface area contributed by atoms with Crippen molar-refractivity contribution in [2.75, 3.05) is 33.0 Å². The number of hydrogen-bond acceptors (Lipinski definition) is 5. The molecular weight excluding hydrogens is 372 g/mol. The molecule has 0 atom stereocenters. The highest BCUT2D eigenvalue weighted by atomic mass is 16.5. The van der Waals surface area contributed by atoms with Crippen molar-refractivity contribution < 1.29 is 4.74 Å². The molecule has 0 bridgehead atoms. The highest BCUT2D eigenvalue weighted by Crippen LogP contribution is 2.34. The third-order valence-corrected chi connectivity index (χ3v) is 5.75. The molecule has 0 spiro atoms. The Morgan fingerprint density at radius 2 is 1.80 bits per heavy atom. The van der Waals surface area contributed by atoms with Gasteiger partial charge in [0.1, 0.15) is 5.82 Å². The van der Waals surface area contributed by atoms with Gasteiger partial charge in [-0.2, -0.15) is 0 Å². The van der Waals surface area contributed by atoms with Gasteiger partial charge in [-0.05, 0) is 86.3 Å². The molecule has 5 heteroatoms. The Labute approximate surface area is 178 Å². The van der Waals surface area contributed by atoms with Gasteiger partial charge in [-0.15, -0.1) is 0 Å². The molecular formula is C25H30N4O. The first kappa shape index (κ1) is 20.5. The Kier molecular flexibility index (Phi) is 6.11. The maximum absolute atomic E-state index is 6.22. The second kappa shape index (κ2) is 8.94. The Hall–Kier alpha value is -2.76. The van der Waals surface area contributed by atoms with E-state index in [1.165, 1.54) is 16.7 Å². The summed E-state index contributed by atoms with van der Waals surface area (Å²) < 4.78 is 5.58. The van der Waals surface area contributed by atoms with E-state index in [1.54, 1.807) is 0 Å². The standard InChI is InChI=1S/C25H30N4O/c1-17-12-20(6-9-27-17)24-14-21(15-28-25(24)26)19-4-5-23(18-7-10-30-11-8-18)22(13-19)16-29(2)3/h4-6,9,12-15,18H,7-8,10-11,16H2,1-3H3,(H2,26,28). The smallest absolute Gasteiger partial charge is 0.131 e. The normalized spacial score (nSPS) is 14.9. The van der Waals surface area contributed by atoms with Gasteiger partial charge in [0.15, 0.2) is 0 Å². The van der Waals surface area contributed by atoms with Crippen LogP contribution in [0.4, 0.5) is 5.82 Å². The highest BCUT2D eigenvalue weighted by molar-refractivity contribution is 5.79. The Morgan fingerprint density at radius 1 is 1.00 bits per heavy atom. The van der Waals surface area contributed by atoms with Crippen molar-refractivity contribution >= 4 is 5.82 Å². The molecule has 1 aromatic carbocycles. The summed E-state index contributed by atoms with van der Waals surface area (Å²) in [5, 5.41) is 0. The monoisotopic (exact) mass is 402 g/mol. The largest absolute Gasteiger partial charge is 0.383 e. The molecule has 3 aromatic rings. The van der Waals surface area contributed by atoms with Crippen LogP contribution in [0.25, 0.3) is 22.3 Å². The Morgan fingerprint density at radius 3 is 2.53 bits per heavy atom. The highest BCUT2D eigenvalue weighted by Gasteiger charge is 2.20. The molecule has 0 aliphatic carbocycles. The number of aromatic nitrogens is 2. The molecule has 30 heavy (non-hydrogen) atoms. The van der Waals surface area contributed by atoms with Gasteiger partial charge in [0.05, 0.1) is 0 Å². The number of aryl methyl sites for hydroxylation is 1. The second-order valence-electron chi connectivity index (χ2n) is 8.38. The number of pyridine rings is 2. The van der Waals surface area contributed by atoms with Crippen molar-refractivity contribution in [3.05, 3.63) is 65.6 Å². The van der Waals surface area contributed by atoms with Crippen molar-refractivity contribution in [2.45, 2.75) is 32.2 Å². The summed E-state index contributed by atoms with van der Waals surface area (Å²) in [7, 11) is 4.24. The number of nitrogen functional groups attached to an aromatic ring is 1. The van der Waals surface area contributed by atoms with Crippen LogP contribution in [0.15, 0.2) is 48.8 Å². The van der Waals surface area contributed by atoms with E-state index < -0.39 is 0 Å². The van der Waals surface area contributed by atoms with Crippen LogP contribution in [-0.2, 0) is 11.3 Å². The lowest BCUT2D eigenvalue weighted by molar-refractivity contribution is 0.0850. The zero-order valence-electron chi connectivity index (χ0n) is 18.1. The van der Waals surface area contributed by atoms with Crippen LogP contribution in [0.3, 0.4) is 0 Å². The van der Waals surface area contributed by atoms with E-state index in [0.29, 0.717) is 11.7 Å². The fraction of sp³-hybridized carbons (Fsp3) is 0.360. The van der Waals surface area contributed by atoms with Gasteiger partial charge < -0.3 is 15.4 Å². The maximum Gasteiger partial charge on any atom is 0.131 e. The van der Waals surface area contributed by atoms with E-state index in [0.717, 1.165) is 55.0 Å². The summed E-state index contributed by atoms with van der Waals surface area (Å²) in [6.07, 6.45) is 5.87. The molecule has 0 amide bonds. The van der Waals surface area contributed by atoms with E-state index in [1.807, 2.05) is 31.5 Å². The average Bonchev–Trinajstić information content (AvgIpc) is 2.74. The van der Waals surface area contributed by atoms with Gasteiger partial charge in [0.25, 0.3) is 0 Å². The van der Waals surface area contributed by atoms with Crippen LogP contribution < -0.4 is 5.73 Å². The number of nitrogens with zero attached hydrogens (tertiary/aromatic N) is 3. The molecule has 5 nitrogen and oxygen atoms in total. The molecule has 1 aliphatic heterocycles. The van der Waals surface area contributed by atoms with Crippen LogP contribution in [0.5, 0.6) is 0 Å². The summed E-state index contributed by atoms with van der Waals surface area (Å²) in [6, 6.07) is 13.0. The van der Waals surface area contributed by atoms with Crippen LogP contribution >= 0.6 is 0 Å². The lowest BCUT2D eigenvalue weighted by Gasteiger charge is -2.26. The topological polar surface area (TPSA) is 64.3 Å². The van der Waals surface area contributed by atoms with Crippen LogP contribution in [0.1, 0.15) is 35.6 Å². The van der Waals surface area contributed by atoms with E-state index in [-0.39, 0.29) is 0 Å². The van der Waals surface area contributed by atoms with Crippen LogP contribution in [-0.4, -0.2) is 42.2 Å². The van der Waals surface area contributed by atoms with Crippen molar-refractivity contribution in [1.82, 2.24) is 14.9 Å². The van der Waals surface area contributed by atoms with E-state index in [4.69, 9.17) is 10.5 Å². The lowest BCUT2D eigenvalue weighted by Crippen LogP contribution is -2.18. The van der Waals surface area contributed by atoms with Crippen molar-refractivity contribution in [1.29, 1.82) is 0 Å². The molecule has 2 N–H and O–H groups in total. The summed E-state index contributed by atoms with van der Waals surface area (Å²) in [6.45, 7) is 4.60. The minimum Gasteiger partial charge on any atom is -0.383 e. The van der Waals surface area contributed by atoms with Gasteiger partial charge in [-0.25, -0.2) is 4.98 Å². The van der Waals surface area contributed by atoms with E-state index in [9.17, 15) is 0 Å². The maximum atomic E-state index is 6.22. The minimum atomic E-state index is 0.539. The number of benzene rings is 1. The molecule has 156 valence electrons. The molecule has 1 aliphatic rings. The number of nitrogens with two attached hydrogens (primary N) is 1. The van der Waals surface area contributed by atoms with E-state index in [2.05, 4.69) is 53.2 Å². The predicted octanol–water partition coefficient (Wildman–Crippen LogP) is 4.66. The fourth-order valence-electron chi connectivity index (χ4n) is 4.25. The quantitative estimate of drug-likeness (QED) is 0.673. The number of rotatable bonds is 5. The second-order valence-corrected chi connectivity index (χ2v) is 8.38. The van der Waals surface area contributed by atoms with Gasteiger partial charge in [0.2, 0.25) is 0 Å². The molecule has 0 saturated carbocycles. The average molecular weight is 403 g/mol. The molecule has 4 rings (SSSR count). The fourth-order valence-corrected chi connectivity index (χ4v) is 4.25. The Bertz CT molecular complexity index is 1030. The van der Waals surface area contributed by atoms with Gasteiger partial charge in [-0.3, -0.25) is 4.98 Å². The van der Waals surface area contributed by atoms with Crippen molar-refractivity contribution in [2.24, 2.45) is 0 Å². The third kappa shape index (κ3) is 4.53. The Balaban J connectivity index is 1.74. The van der Waals surface area contributed by atoms with Gasteiger partial charge in [-0.1, -0.05) is 12.1 Å². The van der Waals surface area contributed by atoms with Gasteiger partial charge in [0, 0.05) is 49.0 Å². The minimum absolute atomic E-state index is 0.539. The molecule has 0 radical (unpaired) electrons. The first-order valence-corrected chi connectivity index (χ1v) is 10.6. The third-order valence-electron chi connectivity index (χ3n) is 5.75. The number of hydrogen-bond donors (Lipinski definition) is 1. The number of anilines is 1. The van der Waals surface area contributed by atoms with Gasteiger partial charge >= 0.3 is 0 Å². The molecule has 3 heterocycles. The lowest BCUT2D eigenvalue weighted by atomic mass is 9.86. The summed E-state index contributed by atoms with van der Waals surface area (Å²) in [5.74, 6) is 1.11. The van der Waals surface area contributed by atoms with Crippen molar-refractivity contribution in [3.8, 4) is 22.3 Å².